The molecule has 3 N–H and O–H groups in total. The first-order valence-corrected chi connectivity index (χ1v) is 12.5. The number of aryl methyl sites for hydroxylation is 1. The summed E-state index contributed by atoms with van der Waals surface area (Å²) in [6, 6.07) is 15.5. The van der Waals surface area contributed by atoms with E-state index in [9.17, 15) is 8.42 Å². The van der Waals surface area contributed by atoms with Crippen molar-refractivity contribution in [3.05, 3.63) is 65.8 Å². The highest BCUT2D eigenvalue weighted by Gasteiger charge is 2.17. The van der Waals surface area contributed by atoms with E-state index in [0.717, 1.165) is 48.9 Å². The second-order valence-electron chi connectivity index (χ2n) is 7.59. The SMILES string of the molecule is CCS(=O)(=O)c1ccc(-c2cnc(N)c3c(-c4ccc5[nH]c(C)cc5c4)csc23)cc1. The van der Waals surface area contributed by atoms with E-state index >= 15 is 0 Å². The number of rotatable bonds is 4. The normalized spacial score (nSPS) is 12.1. The highest BCUT2D eigenvalue weighted by molar-refractivity contribution is 7.91. The molecule has 0 saturated heterocycles. The van der Waals surface area contributed by atoms with Crippen molar-refractivity contribution < 1.29 is 8.42 Å². The molecule has 2 aromatic carbocycles. The average Bonchev–Trinajstić information content (AvgIpc) is 3.37. The summed E-state index contributed by atoms with van der Waals surface area (Å²) in [6.45, 7) is 3.70. The molecule has 0 radical (unpaired) electrons. The van der Waals surface area contributed by atoms with Gasteiger partial charge in [0, 0.05) is 44.0 Å². The van der Waals surface area contributed by atoms with Crippen LogP contribution >= 0.6 is 11.3 Å². The molecule has 7 heteroatoms. The summed E-state index contributed by atoms with van der Waals surface area (Å²) in [7, 11) is -3.23. The third-order valence-corrected chi connectivity index (χ3v) is 8.36. The summed E-state index contributed by atoms with van der Waals surface area (Å²) in [5.41, 5.74) is 12.5. The van der Waals surface area contributed by atoms with E-state index in [2.05, 4.69) is 39.6 Å². The molecule has 0 amide bonds. The number of fused-ring (bicyclic) bond motifs is 2. The van der Waals surface area contributed by atoms with E-state index in [-0.39, 0.29) is 5.75 Å². The van der Waals surface area contributed by atoms with Crippen molar-refractivity contribution in [1.82, 2.24) is 9.97 Å². The molecule has 5 rings (SSSR count). The molecule has 31 heavy (non-hydrogen) atoms. The summed E-state index contributed by atoms with van der Waals surface area (Å²) in [5.74, 6) is 0.574. The van der Waals surface area contributed by atoms with Gasteiger partial charge in [0.25, 0.3) is 0 Å². The van der Waals surface area contributed by atoms with Gasteiger partial charge in [0.15, 0.2) is 9.84 Å². The molecule has 0 bridgehead atoms. The van der Waals surface area contributed by atoms with Crippen LogP contribution in [-0.2, 0) is 9.84 Å². The van der Waals surface area contributed by atoms with Crippen LogP contribution in [0.25, 0.3) is 43.2 Å². The summed E-state index contributed by atoms with van der Waals surface area (Å²) >= 11 is 1.62. The molecule has 0 fully saturated rings. The van der Waals surface area contributed by atoms with Crippen molar-refractivity contribution >= 4 is 48.0 Å². The van der Waals surface area contributed by atoms with Gasteiger partial charge in [-0.05, 0) is 53.8 Å². The van der Waals surface area contributed by atoms with Crippen molar-refractivity contribution in [1.29, 1.82) is 0 Å². The lowest BCUT2D eigenvalue weighted by atomic mass is 10.0. The number of aromatic amines is 1. The molecule has 3 heterocycles. The van der Waals surface area contributed by atoms with Crippen molar-refractivity contribution in [3.8, 4) is 22.3 Å². The number of thiophene rings is 1. The minimum absolute atomic E-state index is 0.0827. The Balaban J connectivity index is 1.65. The maximum Gasteiger partial charge on any atom is 0.178 e. The average molecular weight is 448 g/mol. The molecule has 3 aromatic heterocycles. The van der Waals surface area contributed by atoms with Crippen LogP contribution in [0.5, 0.6) is 0 Å². The number of nitrogens with two attached hydrogens (primary N) is 1. The monoisotopic (exact) mass is 447 g/mol. The summed E-state index contributed by atoms with van der Waals surface area (Å²) in [5, 5.41) is 4.20. The largest absolute Gasteiger partial charge is 0.383 e. The molecule has 0 saturated carbocycles. The van der Waals surface area contributed by atoms with Gasteiger partial charge in [-0.3, -0.25) is 0 Å². The van der Waals surface area contributed by atoms with Gasteiger partial charge in [-0.25, -0.2) is 13.4 Å². The van der Waals surface area contributed by atoms with E-state index in [0.29, 0.717) is 10.7 Å². The van der Waals surface area contributed by atoms with E-state index in [1.165, 1.54) is 0 Å². The molecule has 5 nitrogen and oxygen atoms in total. The zero-order valence-electron chi connectivity index (χ0n) is 17.1. The molecule has 0 atom stereocenters. The van der Waals surface area contributed by atoms with Crippen molar-refractivity contribution in [3.63, 3.8) is 0 Å². The Morgan fingerprint density at radius 3 is 2.52 bits per heavy atom. The van der Waals surface area contributed by atoms with Crippen LogP contribution in [0.3, 0.4) is 0 Å². The first kappa shape index (κ1) is 19.8. The number of H-pyrrole nitrogens is 1. The fourth-order valence-electron chi connectivity index (χ4n) is 3.94. The van der Waals surface area contributed by atoms with Crippen molar-refractivity contribution in [2.45, 2.75) is 18.7 Å². The Hall–Kier alpha value is -3.16. The maximum absolute atomic E-state index is 12.1. The number of hydrogen-bond acceptors (Lipinski definition) is 5. The Morgan fingerprint density at radius 2 is 1.77 bits per heavy atom. The number of aromatic nitrogens is 2. The number of pyridine rings is 1. The molecule has 0 aliphatic carbocycles. The predicted octanol–water partition coefficient (Wildman–Crippen LogP) is 5.80. The van der Waals surface area contributed by atoms with Crippen LogP contribution in [0, 0.1) is 6.92 Å². The van der Waals surface area contributed by atoms with E-state index in [1.807, 2.05) is 19.1 Å². The van der Waals surface area contributed by atoms with Crippen LogP contribution in [0.4, 0.5) is 5.82 Å². The molecule has 0 spiro atoms. The number of sulfone groups is 1. The number of hydrogen-bond donors (Lipinski definition) is 2. The molecular formula is C24H21N3O2S2. The Morgan fingerprint density at radius 1 is 1.03 bits per heavy atom. The third kappa shape index (κ3) is 3.30. The second kappa shape index (κ2) is 7.21. The summed E-state index contributed by atoms with van der Waals surface area (Å²) in [4.78, 5) is 8.14. The zero-order chi connectivity index (χ0) is 21.8. The first-order valence-electron chi connectivity index (χ1n) is 9.96. The number of nitrogens with zero attached hydrogens (tertiary/aromatic N) is 1. The predicted molar refractivity (Wildman–Crippen MR) is 129 cm³/mol. The van der Waals surface area contributed by atoms with Gasteiger partial charge in [0.2, 0.25) is 0 Å². The highest BCUT2D eigenvalue weighted by Crippen LogP contribution is 2.42. The van der Waals surface area contributed by atoms with Gasteiger partial charge in [-0.1, -0.05) is 25.1 Å². The lowest BCUT2D eigenvalue weighted by Crippen LogP contribution is -2.03. The number of benzene rings is 2. The smallest absolute Gasteiger partial charge is 0.178 e. The second-order valence-corrected chi connectivity index (χ2v) is 10.8. The Bertz CT molecular complexity index is 1550. The molecule has 0 aliphatic heterocycles. The van der Waals surface area contributed by atoms with E-state index < -0.39 is 9.84 Å². The van der Waals surface area contributed by atoms with Crippen LogP contribution in [0.2, 0.25) is 0 Å². The van der Waals surface area contributed by atoms with Crippen LogP contribution in [0.1, 0.15) is 12.6 Å². The first-order chi connectivity index (χ1) is 14.9. The highest BCUT2D eigenvalue weighted by atomic mass is 32.2. The van der Waals surface area contributed by atoms with Gasteiger partial charge >= 0.3 is 0 Å². The third-order valence-electron chi connectivity index (χ3n) is 5.60. The standard InChI is InChI=1S/C24H21N3O2S2/c1-3-31(28,29)18-7-4-15(5-8-18)19-12-26-24(25)22-20(13-30-23(19)22)16-6-9-21-17(11-16)10-14(2)27-21/h4-13,27H,3H2,1-2H3,(H2,25,26). The summed E-state index contributed by atoms with van der Waals surface area (Å²) < 4.78 is 25.3. The van der Waals surface area contributed by atoms with Crippen LogP contribution < -0.4 is 5.73 Å². The number of anilines is 1. The minimum Gasteiger partial charge on any atom is -0.383 e. The molecule has 0 unspecified atom stereocenters. The van der Waals surface area contributed by atoms with Crippen LogP contribution in [0.15, 0.2) is 65.0 Å². The van der Waals surface area contributed by atoms with Crippen molar-refractivity contribution in [2.75, 3.05) is 11.5 Å². The fraction of sp³-hybridized carbons (Fsp3) is 0.125. The number of nitrogens with one attached hydrogen (secondary N) is 1. The van der Waals surface area contributed by atoms with Crippen LogP contribution in [-0.4, -0.2) is 24.1 Å². The molecule has 156 valence electrons. The summed E-state index contributed by atoms with van der Waals surface area (Å²) in [6.07, 6.45) is 1.76. The van der Waals surface area contributed by atoms with Gasteiger partial charge < -0.3 is 10.7 Å². The maximum atomic E-state index is 12.1. The Labute approximate surface area is 184 Å². The molecule has 5 aromatic rings. The fourth-order valence-corrected chi connectivity index (χ4v) is 5.94. The van der Waals surface area contributed by atoms with Gasteiger partial charge in [-0.2, -0.15) is 0 Å². The minimum atomic E-state index is -3.23. The Kier molecular flexibility index (Phi) is 4.60. The number of nitrogen functional groups attached to an aromatic ring is 1. The molecule has 0 aliphatic rings. The van der Waals surface area contributed by atoms with Gasteiger partial charge in [-0.15, -0.1) is 11.3 Å². The quantitative estimate of drug-likeness (QED) is 0.365. The zero-order valence-corrected chi connectivity index (χ0v) is 18.8. The van der Waals surface area contributed by atoms with Gasteiger partial charge in [0.05, 0.1) is 10.6 Å². The topological polar surface area (TPSA) is 88.8 Å². The lowest BCUT2D eigenvalue weighted by molar-refractivity contribution is 0.597. The van der Waals surface area contributed by atoms with E-state index in [1.54, 1.807) is 36.6 Å². The lowest BCUT2D eigenvalue weighted by Gasteiger charge is -2.08. The van der Waals surface area contributed by atoms with Crippen molar-refractivity contribution in [2.24, 2.45) is 0 Å². The van der Waals surface area contributed by atoms with E-state index in [4.69, 9.17) is 5.73 Å². The van der Waals surface area contributed by atoms with Gasteiger partial charge in [0.1, 0.15) is 5.82 Å². The molecular weight excluding hydrogens is 426 g/mol.